The SMILES string of the molecule is CNc1nc(C(=O)OC)ccc1[C@@H]1CC2(CCN1Cc1c(OC)cc(C)c3c1ccn3C(=O)OC(C)(C)C)CC(F)(F)C2. The fraction of sp³-hybridized carbons (Fsp3) is 0.531. The molecule has 1 saturated carbocycles. The second-order valence-corrected chi connectivity index (χ2v) is 12.8. The summed E-state index contributed by atoms with van der Waals surface area (Å²) >= 11 is 0. The van der Waals surface area contributed by atoms with Crippen LogP contribution >= 0.6 is 0 Å². The third-order valence-corrected chi connectivity index (χ3v) is 8.58. The normalized spacial score (nSPS) is 19.6. The van der Waals surface area contributed by atoms with E-state index in [1.165, 1.54) is 11.7 Å². The van der Waals surface area contributed by atoms with Crippen LogP contribution in [0.1, 0.15) is 79.7 Å². The number of aryl methyl sites for hydroxylation is 1. The highest BCUT2D eigenvalue weighted by molar-refractivity contribution is 5.95. The Bertz CT molecular complexity index is 1550. The van der Waals surface area contributed by atoms with Crippen molar-refractivity contribution in [1.29, 1.82) is 0 Å². The zero-order chi connectivity index (χ0) is 31.3. The lowest BCUT2D eigenvalue weighted by Crippen LogP contribution is -2.53. The number of benzene rings is 1. The summed E-state index contributed by atoms with van der Waals surface area (Å²) in [4.78, 5) is 32.1. The summed E-state index contributed by atoms with van der Waals surface area (Å²) in [6, 6.07) is 6.99. The summed E-state index contributed by atoms with van der Waals surface area (Å²) in [5.74, 6) is -2.03. The van der Waals surface area contributed by atoms with Gasteiger partial charge >= 0.3 is 12.1 Å². The van der Waals surface area contributed by atoms with Gasteiger partial charge in [-0.3, -0.25) is 9.47 Å². The molecule has 5 rings (SSSR count). The van der Waals surface area contributed by atoms with Gasteiger partial charge in [0.05, 0.1) is 19.7 Å². The van der Waals surface area contributed by atoms with Gasteiger partial charge < -0.3 is 19.5 Å². The number of hydrogen-bond donors (Lipinski definition) is 1. The third kappa shape index (κ3) is 5.91. The van der Waals surface area contributed by atoms with Crippen LogP contribution in [0.3, 0.4) is 0 Å². The van der Waals surface area contributed by atoms with Crippen molar-refractivity contribution in [3.63, 3.8) is 0 Å². The number of halogens is 2. The number of alkyl halides is 2. The van der Waals surface area contributed by atoms with E-state index in [0.717, 1.165) is 27.6 Å². The van der Waals surface area contributed by atoms with E-state index in [1.807, 2.05) is 45.9 Å². The quantitative estimate of drug-likeness (QED) is 0.313. The van der Waals surface area contributed by atoms with Gasteiger partial charge in [-0.15, -0.1) is 0 Å². The number of nitrogens with zero attached hydrogens (tertiary/aromatic N) is 3. The summed E-state index contributed by atoms with van der Waals surface area (Å²) in [6.45, 7) is 8.42. The molecule has 2 aromatic heterocycles. The predicted molar refractivity (Wildman–Crippen MR) is 159 cm³/mol. The minimum atomic E-state index is -2.65. The van der Waals surface area contributed by atoms with E-state index in [4.69, 9.17) is 14.2 Å². The maximum Gasteiger partial charge on any atom is 0.419 e. The molecule has 1 atom stereocenters. The van der Waals surface area contributed by atoms with Gasteiger partial charge in [0.15, 0.2) is 5.69 Å². The van der Waals surface area contributed by atoms with Crippen molar-refractivity contribution in [2.75, 3.05) is 33.1 Å². The molecule has 1 aromatic carbocycles. The Hall–Kier alpha value is -3.73. The molecule has 0 unspecified atom stereocenters. The number of esters is 1. The molecule has 9 nitrogen and oxygen atoms in total. The Morgan fingerprint density at radius 3 is 2.49 bits per heavy atom. The number of rotatable bonds is 6. The molecule has 11 heteroatoms. The first kappa shape index (κ1) is 30.7. The number of hydrogen-bond acceptors (Lipinski definition) is 8. The summed E-state index contributed by atoms with van der Waals surface area (Å²) < 4.78 is 46.3. The van der Waals surface area contributed by atoms with Crippen LogP contribution in [0.2, 0.25) is 0 Å². The van der Waals surface area contributed by atoms with E-state index >= 15 is 0 Å². The molecule has 1 saturated heterocycles. The zero-order valence-corrected chi connectivity index (χ0v) is 25.8. The molecule has 2 fully saturated rings. The fourth-order valence-corrected chi connectivity index (χ4v) is 6.77. The average Bonchev–Trinajstić information content (AvgIpc) is 3.39. The molecule has 43 heavy (non-hydrogen) atoms. The molecule has 0 amide bonds. The fourth-order valence-electron chi connectivity index (χ4n) is 6.77. The number of ether oxygens (including phenoxy) is 3. The molecule has 1 aliphatic heterocycles. The van der Waals surface area contributed by atoms with E-state index in [0.29, 0.717) is 37.5 Å². The first-order valence-electron chi connectivity index (χ1n) is 14.5. The topological polar surface area (TPSA) is 94.9 Å². The number of pyridine rings is 1. The summed E-state index contributed by atoms with van der Waals surface area (Å²) in [7, 11) is 4.63. The number of nitrogens with one attached hydrogen (secondary N) is 1. The van der Waals surface area contributed by atoms with E-state index in [1.54, 1.807) is 26.4 Å². The molecule has 2 aliphatic rings. The summed E-state index contributed by atoms with van der Waals surface area (Å²) in [6.07, 6.45) is 2.13. The molecular weight excluding hydrogens is 558 g/mol. The van der Waals surface area contributed by atoms with E-state index < -0.39 is 29.0 Å². The summed E-state index contributed by atoms with van der Waals surface area (Å²) in [5.41, 5.74) is 2.32. The molecule has 3 aromatic rings. The second kappa shape index (κ2) is 11.1. The Balaban J connectivity index is 1.57. The monoisotopic (exact) mass is 598 g/mol. The molecule has 1 aliphatic carbocycles. The number of aromatic nitrogens is 2. The smallest absolute Gasteiger partial charge is 0.419 e. The summed E-state index contributed by atoms with van der Waals surface area (Å²) in [5, 5.41) is 3.95. The number of methoxy groups -OCH3 is 2. The van der Waals surface area contributed by atoms with Crippen molar-refractivity contribution in [3.8, 4) is 5.75 Å². The van der Waals surface area contributed by atoms with Gasteiger partial charge in [0.2, 0.25) is 5.92 Å². The van der Waals surface area contributed by atoms with Gasteiger partial charge in [-0.05, 0) is 76.3 Å². The van der Waals surface area contributed by atoms with Crippen LogP contribution in [0.4, 0.5) is 19.4 Å². The highest BCUT2D eigenvalue weighted by Crippen LogP contribution is 2.61. The van der Waals surface area contributed by atoms with Gasteiger partial charge in [0, 0.05) is 55.2 Å². The molecule has 3 heterocycles. The maximum atomic E-state index is 14.2. The minimum Gasteiger partial charge on any atom is -0.496 e. The minimum absolute atomic E-state index is 0.135. The number of carbonyl (C=O) groups is 2. The zero-order valence-electron chi connectivity index (χ0n) is 25.8. The van der Waals surface area contributed by atoms with Crippen LogP contribution in [-0.4, -0.2) is 65.8 Å². The predicted octanol–water partition coefficient (Wildman–Crippen LogP) is 6.72. The number of likely N-dealkylation sites (tertiary alicyclic amines) is 1. The highest BCUT2D eigenvalue weighted by Gasteiger charge is 2.58. The number of anilines is 1. The van der Waals surface area contributed by atoms with Gasteiger partial charge in [0.25, 0.3) is 0 Å². The Morgan fingerprint density at radius 2 is 1.88 bits per heavy atom. The van der Waals surface area contributed by atoms with E-state index in [2.05, 4.69) is 15.2 Å². The van der Waals surface area contributed by atoms with Crippen LogP contribution < -0.4 is 10.1 Å². The molecule has 0 bridgehead atoms. The molecule has 1 spiro atoms. The van der Waals surface area contributed by atoms with Crippen molar-refractivity contribution in [1.82, 2.24) is 14.5 Å². The third-order valence-electron chi connectivity index (χ3n) is 8.58. The van der Waals surface area contributed by atoms with Gasteiger partial charge in [-0.25, -0.2) is 23.4 Å². The Kier molecular flexibility index (Phi) is 7.91. The van der Waals surface area contributed by atoms with Crippen LogP contribution in [0.15, 0.2) is 30.5 Å². The first-order valence-corrected chi connectivity index (χ1v) is 14.5. The van der Waals surface area contributed by atoms with Crippen molar-refractivity contribution < 1.29 is 32.6 Å². The van der Waals surface area contributed by atoms with Crippen LogP contribution in [0.25, 0.3) is 10.9 Å². The Labute approximate surface area is 250 Å². The lowest BCUT2D eigenvalue weighted by atomic mass is 9.59. The van der Waals surface area contributed by atoms with E-state index in [9.17, 15) is 18.4 Å². The highest BCUT2D eigenvalue weighted by atomic mass is 19.3. The van der Waals surface area contributed by atoms with Gasteiger partial charge in [-0.1, -0.05) is 6.07 Å². The maximum absolute atomic E-state index is 14.2. The van der Waals surface area contributed by atoms with Crippen molar-refractivity contribution >= 4 is 28.8 Å². The van der Waals surface area contributed by atoms with Crippen LogP contribution in [0, 0.1) is 12.3 Å². The molecule has 232 valence electrons. The largest absolute Gasteiger partial charge is 0.496 e. The molecule has 0 radical (unpaired) electrons. The first-order chi connectivity index (χ1) is 20.2. The standard InChI is InChI=1S/C32H40F2N4O5/c1-19-14-25(41-6)22(20-10-12-38(26(19)20)29(40)43-30(2,3)4)16-37-13-11-31(17-32(33,34)18-31)15-24(37)21-8-9-23(28(39)42-7)36-27(21)35-5/h8-10,12,14,24H,11,13,15-18H2,1-7H3,(H,35,36)/t24-/m0/s1. The van der Waals surface area contributed by atoms with Crippen molar-refractivity contribution in [3.05, 3.63) is 52.8 Å². The number of fused-ring (bicyclic) bond motifs is 1. The average molecular weight is 599 g/mol. The van der Waals surface area contributed by atoms with Crippen molar-refractivity contribution in [2.24, 2.45) is 5.41 Å². The van der Waals surface area contributed by atoms with Gasteiger partial charge in [0.1, 0.15) is 17.2 Å². The Morgan fingerprint density at radius 1 is 1.16 bits per heavy atom. The number of carbonyl (C=O) groups excluding carboxylic acids is 2. The number of piperidine rings is 1. The second-order valence-electron chi connectivity index (χ2n) is 12.8. The van der Waals surface area contributed by atoms with Gasteiger partial charge in [-0.2, -0.15) is 0 Å². The lowest BCUT2D eigenvalue weighted by molar-refractivity contribution is -0.186. The van der Waals surface area contributed by atoms with Crippen LogP contribution in [0.5, 0.6) is 5.75 Å². The van der Waals surface area contributed by atoms with Crippen molar-refractivity contribution in [2.45, 2.75) is 77.5 Å². The van der Waals surface area contributed by atoms with Crippen LogP contribution in [-0.2, 0) is 16.0 Å². The molecule has 1 N–H and O–H groups in total. The molecular formula is C32H40F2N4O5. The van der Waals surface area contributed by atoms with E-state index in [-0.39, 0.29) is 24.6 Å². The lowest BCUT2D eigenvalue weighted by Gasteiger charge is -2.54.